The molecule has 0 spiro atoms. The fourth-order valence-electron chi connectivity index (χ4n) is 2.45. The van der Waals surface area contributed by atoms with Crippen molar-refractivity contribution in [3.05, 3.63) is 64.9 Å². The Morgan fingerprint density at radius 1 is 1.11 bits per heavy atom. The highest BCUT2D eigenvalue weighted by Gasteiger charge is 2.20. The number of ketones is 1. The van der Waals surface area contributed by atoms with Gasteiger partial charge in [-0.1, -0.05) is 23.4 Å². The molecule has 28 heavy (non-hydrogen) atoms. The van der Waals surface area contributed by atoms with Gasteiger partial charge in [-0.15, -0.1) is 10.2 Å². The minimum Gasteiger partial charge on any atom is -0.497 e. The Balaban J connectivity index is 1.62. The van der Waals surface area contributed by atoms with E-state index in [1.807, 2.05) is 18.5 Å². The van der Waals surface area contributed by atoms with E-state index in [0.717, 1.165) is 5.75 Å². The summed E-state index contributed by atoms with van der Waals surface area (Å²) in [6.07, 6.45) is 0. The average Bonchev–Trinajstić information content (AvgIpc) is 3.06. The Kier molecular flexibility index (Phi) is 6.59. The summed E-state index contributed by atoms with van der Waals surface area (Å²) in [7, 11) is 3.45. The van der Waals surface area contributed by atoms with E-state index in [-0.39, 0.29) is 17.6 Å². The predicted octanol–water partition coefficient (Wildman–Crippen LogP) is 4.42. The Morgan fingerprint density at radius 2 is 1.75 bits per heavy atom. The number of nitrogens with zero attached hydrogens (tertiary/aromatic N) is 3. The van der Waals surface area contributed by atoms with Crippen molar-refractivity contribution < 1.29 is 14.3 Å². The van der Waals surface area contributed by atoms with Gasteiger partial charge < -0.3 is 14.0 Å². The maximum Gasteiger partial charge on any atom is 0.191 e. The number of rotatable bonds is 8. The first-order valence-electron chi connectivity index (χ1n) is 8.59. The third-order valence-electron chi connectivity index (χ3n) is 4.13. The zero-order valence-corrected chi connectivity index (χ0v) is 17.3. The zero-order chi connectivity index (χ0) is 20.1. The van der Waals surface area contributed by atoms with Crippen molar-refractivity contribution in [3.63, 3.8) is 0 Å². The van der Waals surface area contributed by atoms with Crippen LogP contribution in [0.5, 0.6) is 11.5 Å². The Labute approximate surface area is 172 Å². The number of halogens is 1. The Morgan fingerprint density at radius 3 is 2.39 bits per heavy atom. The van der Waals surface area contributed by atoms with E-state index in [4.69, 9.17) is 21.1 Å². The molecule has 2 aromatic carbocycles. The molecule has 0 saturated heterocycles. The van der Waals surface area contributed by atoms with Gasteiger partial charge in [-0.05, 0) is 55.5 Å². The topological polar surface area (TPSA) is 66.2 Å². The largest absolute Gasteiger partial charge is 0.497 e. The molecule has 0 unspecified atom stereocenters. The van der Waals surface area contributed by atoms with Crippen LogP contribution in [0.25, 0.3) is 0 Å². The summed E-state index contributed by atoms with van der Waals surface area (Å²) in [5.41, 5.74) is 0.634. The number of carbonyl (C=O) groups excluding carboxylic acids is 1. The summed E-state index contributed by atoms with van der Waals surface area (Å²) in [5, 5.41) is 9.36. The minimum absolute atomic E-state index is 0.0228. The second-order valence-corrected chi connectivity index (χ2v) is 7.80. The van der Waals surface area contributed by atoms with Crippen LogP contribution < -0.4 is 9.47 Å². The van der Waals surface area contributed by atoms with Crippen molar-refractivity contribution in [1.82, 2.24) is 14.8 Å². The molecule has 0 bridgehead atoms. The molecule has 0 amide bonds. The summed E-state index contributed by atoms with van der Waals surface area (Å²) in [5.74, 6) is 2.11. The van der Waals surface area contributed by atoms with Crippen LogP contribution in [0.15, 0.2) is 53.7 Å². The van der Waals surface area contributed by atoms with Crippen LogP contribution in [-0.2, 0) is 13.7 Å². The first-order valence-corrected chi connectivity index (χ1v) is 9.85. The minimum atomic E-state index is -0.304. The summed E-state index contributed by atoms with van der Waals surface area (Å²) < 4.78 is 12.7. The van der Waals surface area contributed by atoms with Crippen LogP contribution >= 0.6 is 23.4 Å². The lowest BCUT2D eigenvalue weighted by molar-refractivity contribution is 0.0994. The molecule has 0 saturated carbocycles. The van der Waals surface area contributed by atoms with Crippen molar-refractivity contribution >= 4 is 29.1 Å². The number of carbonyl (C=O) groups is 1. The summed E-state index contributed by atoms with van der Waals surface area (Å²) >= 11 is 7.24. The van der Waals surface area contributed by atoms with Crippen molar-refractivity contribution in [2.75, 3.05) is 7.11 Å². The molecule has 1 aromatic heterocycles. The van der Waals surface area contributed by atoms with Crippen LogP contribution in [0.4, 0.5) is 0 Å². The number of ether oxygens (including phenoxy) is 2. The monoisotopic (exact) mass is 417 g/mol. The van der Waals surface area contributed by atoms with Gasteiger partial charge in [-0.2, -0.15) is 0 Å². The van der Waals surface area contributed by atoms with Crippen molar-refractivity contribution in [3.8, 4) is 11.5 Å². The fraction of sp³-hybridized carbons (Fsp3) is 0.250. The molecule has 146 valence electrons. The molecule has 0 N–H and O–H groups in total. The molecule has 3 aromatic rings. The second kappa shape index (κ2) is 9.12. The van der Waals surface area contributed by atoms with Gasteiger partial charge in [0.1, 0.15) is 18.1 Å². The third kappa shape index (κ3) is 4.85. The molecule has 0 aliphatic carbocycles. The van der Waals surface area contributed by atoms with E-state index in [0.29, 0.717) is 27.3 Å². The highest BCUT2D eigenvalue weighted by atomic mass is 35.5. The lowest BCUT2D eigenvalue weighted by Crippen LogP contribution is -2.14. The number of Topliss-reactive ketones (excluding diaryl/α,β-unsaturated/α-hetero) is 1. The van der Waals surface area contributed by atoms with Crippen molar-refractivity contribution in [2.24, 2.45) is 7.05 Å². The quantitative estimate of drug-likeness (QED) is 0.399. The van der Waals surface area contributed by atoms with Gasteiger partial charge in [-0.25, -0.2) is 0 Å². The second-order valence-electron chi connectivity index (χ2n) is 6.05. The van der Waals surface area contributed by atoms with Gasteiger partial charge in [0.05, 0.1) is 12.4 Å². The number of aromatic nitrogens is 3. The molecule has 0 aliphatic rings. The van der Waals surface area contributed by atoms with Crippen LogP contribution in [0.3, 0.4) is 0 Å². The molecular formula is C20H20ClN3O3S. The predicted molar refractivity (Wildman–Crippen MR) is 109 cm³/mol. The molecule has 0 fully saturated rings. The smallest absolute Gasteiger partial charge is 0.191 e. The fourth-order valence-corrected chi connectivity index (χ4v) is 3.49. The molecule has 1 atom stereocenters. The van der Waals surface area contributed by atoms with Crippen LogP contribution in [0, 0.1) is 0 Å². The number of hydrogen-bond acceptors (Lipinski definition) is 6. The summed E-state index contributed by atoms with van der Waals surface area (Å²) in [4.78, 5) is 12.7. The van der Waals surface area contributed by atoms with Crippen molar-refractivity contribution in [1.29, 1.82) is 0 Å². The molecule has 0 aliphatic heterocycles. The SMILES string of the molecule is COc1ccc(C(=O)[C@H](C)Sc2nnc(COc3ccc(Cl)cc3)n2C)cc1. The lowest BCUT2D eigenvalue weighted by atomic mass is 10.1. The third-order valence-corrected chi connectivity index (χ3v) is 5.52. The molecule has 0 radical (unpaired) electrons. The first kappa shape index (κ1) is 20.2. The normalized spacial score (nSPS) is 11.9. The van der Waals surface area contributed by atoms with Crippen LogP contribution in [0.2, 0.25) is 5.02 Å². The maximum atomic E-state index is 12.7. The number of thioether (sulfide) groups is 1. The van der Waals surface area contributed by atoms with E-state index in [2.05, 4.69) is 10.2 Å². The standard InChI is InChI=1S/C20H20ClN3O3S/c1-13(19(25)14-4-8-16(26-3)9-5-14)28-20-23-22-18(24(20)2)12-27-17-10-6-15(21)7-11-17/h4-11,13H,12H2,1-3H3/t13-/m0/s1. The van der Waals surface area contributed by atoms with Gasteiger partial charge in [0.15, 0.2) is 16.8 Å². The van der Waals surface area contributed by atoms with E-state index in [1.54, 1.807) is 55.6 Å². The van der Waals surface area contributed by atoms with Crippen molar-refractivity contribution in [2.45, 2.75) is 23.9 Å². The lowest BCUT2D eigenvalue weighted by Gasteiger charge is -2.11. The van der Waals surface area contributed by atoms with E-state index in [9.17, 15) is 4.79 Å². The summed E-state index contributed by atoms with van der Waals surface area (Å²) in [6.45, 7) is 2.13. The van der Waals surface area contributed by atoms with E-state index in [1.165, 1.54) is 11.8 Å². The number of hydrogen-bond donors (Lipinski definition) is 0. The van der Waals surface area contributed by atoms with Gasteiger partial charge in [0.2, 0.25) is 0 Å². The van der Waals surface area contributed by atoms with Gasteiger partial charge in [0, 0.05) is 17.6 Å². The number of methoxy groups -OCH3 is 1. The van der Waals surface area contributed by atoms with E-state index >= 15 is 0 Å². The van der Waals surface area contributed by atoms with E-state index < -0.39 is 0 Å². The van der Waals surface area contributed by atoms with Gasteiger partial charge in [0.25, 0.3) is 0 Å². The Bertz CT molecular complexity index is 942. The molecule has 3 rings (SSSR count). The highest BCUT2D eigenvalue weighted by Crippen LogP contribution is 2.25. The van der Waals surface area contributed by atoms with Crippen LogP contribution in [0.1, 0.15) is 23.1 Å². The maximum absolute atomic E-state index is 12.7. The van der Waals surface area contributed by atoms with Gasteiger partial charge in [-0.3, -0.25) is 4.79 Å². The molecule has 1 heterocycles. The van der Waals surface area contributed by atoms with Crippen LogP contribution in [-0.4, -0.2) is 32.9 Å². The first-order chi connectivity index (χ1) is 13.5. The number of benzene rings is 2. The average molecular weight is 418 g/mol. The zero-order valence-electron chi connectivity index (χ0n) is 15.8. The summed E-state index contributed by atoms with van der Waals surface area (Å²) in [6, 6.07) is 14.2. The molecule has 6 nitrogen and oxygen atoms in total. The van der Waals surface area contributed by atoms with Gasteiger partial charge >= 0.3 is 0 Å². The molecular weight excluding hydrogens is 398 g/mol. The molecule has 8 heteroatoms. The Hall–Kier alpha value is -2.51. The highest BCUT2D eigenvalue weighted by molar-refractivity contribution is 8.00.